The van der Waals surface area contributed by atoms with Gasteiger partial charge in [0.25, 0.3) is 0 Å². The molecule has 0 bridgehead atoms. The number of anilines is 1. The van der Waals surface area contributed by atoms with Crippen LogP contribution in [0.2, 0.25) is 0 Å². The maximum absolute atomic E-state index is 3.55. The summed E-state index contributed by atoms with van der Waals surface area (Å²) in [7, 11) is 4.25. The van der Waals surface area contributed by atoms with Gasteiger partial charge in [0, 0.05) is 36.9 Å². The van der Waals surface area contributed by atoms with E-state index in [1.54, 1.807) is 0 Å². The number of fused-ring (bicyclic) bond motifs is 3. The van der Waals surface area contributed by atoms with Crippen LogP contribution in [0.4, 0.5) is 5.69 Å². The normalized spacial score (nSPS) is 20.0. The summed E-state index contributed by atoms with van der Waals surface area (Å²) in [6.07, 6.45) is 2.44. The molecule has 1 atom stereocenters. The van der Waals surface area contributed by atoms with Crippen molar-refractivity contribution in [1.29, 1.82) is 0 Å². The third-order valence-corrected chi connectivity index (χ3v) is 5.22. The molecular weight excluding hydrogens is 294 g/mol. The van der Waals surface area contributed by atoms with Gasteiger partial charge in [-0.15, -0.1) is 0 Å². The summed E-state index contributed by atoms with van der Waals surface area (Å²) < 4.78 is 0. The second kappa shape index (κ2) is 6.58. The van der Waals surface area contributed by atoms with Crippen LogP contribution in [-0.4, -0.2) is 44.7 Å². The first-order chi connectivity index (χ1) is 11.7. The molecular formula is C21H27N3. The van der Waals surface area contributed by atoms with Gasteiger partial charge in [-0.3, -0.25) is 0 Å². The minimum atomic E-state index is 0.668. The van der Waals surface area contributed by atoms with Crippen molar-refractivity contribution < 1.29 is 0 Å². The standard InChI is InChI=1S/C21H27N3/c1-23(2)15-16-5-3-6-17(13-16)20-8-4-7-18-14-19-9-10-22-11-12-24(19)21(18)20/h3-8,13,19,22H,9-12,14-15H2,1-2H3. The first-order valence-corrected chi connectivity index (χ1v) is 9.05. The van der Waals surface area contributed by atoms with Gasteiger partial charge in [-0.25, -0.2) is 0 Å². The minimum absolute atomic E-state index is 0.668. The van der Waals surface area contributed by atoms with Crippen molar-refractivity contribution in [2.24, 2.45) is 0 Å². The zero-order chi connectivity index (χ0) is 16.5. The van der Waals surface area contributed by atoms with Gasteiger partial charge in [0.15, 0.2) is 0 Å². The Labute approximate surface area is 145 Å². The predicted molar refractivity (Wildman–Crippen MR) is 102 cm³/mol. The average Bonchev–Trinajstić information content (AvgIpc) is 2.76. The Morgan fingerprint density at radius 1 is 1.12 bits per heavy atom. The lowest BCUT2D eigenvalue weighted by Gasteiger charge is -2.26. The van der Waals surface area contributed by atoms with E-state index in [-0.39, 0.29) is 0 Å². The molecule has 24 heavy (non-hydrogen) atoms. The van der Waals surface area contributed by atoms with E-state index in [0.29, 0.717) is 6.04 Å². The first-order valence-electron chi connectivity index (χ1n) is 9.05. The van der Waals surface area contributed by atoms with Crippen molar-refractivity contribution in [2.45, 2.75) is 25.4 Å². The molecule has 0 radical (unpaired) electrons. The van der Waals surface area contributed by atoms with Gasteiger partial charge >= 0.3 is 0 Å². The monoisotopic (exact) mass is 321 g/mol. The van der Waals surface area contributed by atoms with Crippen molar-refractivity contribution in [3.05, 3.63) is 53.6 Å². The highest BCUT2D eigenvalue weighted by molar-refractivity contribution is 5.83. The topological polar surface area (TPSA) is 18.5 Å². The summed E-state index contributed by atoms with van der Waals surface area (Å²) in [5.41, 5.74) is 7.13. The van der Waals surface area contributed by atoms with E-state index in [4.69, 9.17) is 0 Å². The number of hydrogen-bond acceptors (Lipinski definition) is 3. The second-order valence-corrected chi connectivity index (χ2v) is 7.34. The molecule has 3 nitrogen and oxygen atoms in total. The van der Waals surface area contributed by atoms with E-state index in [9.17, 15) is 0 Å². The van der Waals surface area contributed by atoms with Gasteiger partial charge < -0.3 is 15.1 Å². The molecule has 126 valence electrons. The highest BCUT2D eigenvalue weighted by Gasteiger charge is 2.31. The molecule has 1 unspecified atom stereocenters. The van der Waals surface area contributed by atoms with Gasteiger partial charge in [0.05, 0.1) is 0 Å². The Morgan fingerprint density at radius 3 is 2.88 bits per heavy atom. The molecule has 0 amide bonds. The second-order valence-electron chi connectivity index (χ2n) is 7.34. The van der Waals surface area contributed by atoms with Gasteiger partial charge in [-0.1, -0.05) is 36.4 Å². The van der Waals surface area contributed by atoms with Crippen LogP contribution in [0.25, 0.3) is 11.1 Å². The molecule has 2 heterocycles. The van der Waals surface area contributed by atoms with Gasteiger partial charge in [0.1, 0.15) is 0 Å². The molecule has 1 saturated heterocycles. The van der Waals surface area contributed by atoms with Crippen molar-refractivity contribution >= 4 is 5.69 Å². The smallest absolute Gasteiger partial charge is 0.0482 e. The van der Waals surface area contributed by atoms with E-state index in [0.717, 1.165) is 26.2 Å². The number of hydrogen-bond donors (Lipinski definition) is 1. The van der Waals surface area contributed by atoms with Crippen LogP contribution in [0.5, 0.6) is 0 Å². The Bertz CT molecular complexity index is 723. The van der Waals surface area contributed by atoms with Gasteiger partial charge in [0.2, 0.25) is 0 Å². The van der Waals surface area contributed by atoms with Crippen LogP contribution in [0.1, 0.15) is 17.5 Å². The summed E-state index contributed by atoms with van der Waals surface area (Å²) >= 11 is 0. The molecule has 0 spiro atoms. The molecule has 2 aromatic rings. The van der Waals surface area contributed by atoms with Crippen molar-refractivity contribution in [1.82, 2.24) is 10.2 Å². The lowest BCUT2D eigenvalue weighted by molar-refractivity contribution is 0.402. The Balaban J connectivity index is 1.74. The number of rotatable bonds is 3. The van der Waals surface area contributed by atoms with Gasteiger partial charge in [-0.05, 0) is 56.2 Å². The molecule has 1 fully saturated rings. The maximum Gasteiger partial charge on any atom is 0.0482 e. The highest BCUT2D eigenvalue weighted by Crippen LogP contribution is 2.41. The van der Waals surface area contributed by atoms with Crippen LogP contribution in [-0.2, 0) is 13.0 Å². The van der Waals surface area contributed by atoms with E-state index in [1.165, 1.54) is 40.8 Å². The highest BCUT2D eigenvalue weighted by atomic mass is 15.2. The Kier molecular flexibility index (Phi) is 4.30. The van der Waals surface area contributed by atoms with Crippen LogP contribution >= 0.6 is 0 Å². The fourth-order valence-corrected chi connectivity index (χ4v) is 4.22. The molecule has 1 N–H and O–H groups in total. The Morgan fingerprint density at radius 2 is 2.00 bits per heavy atom. The number of nitrogens with zero attached hydrogens (tertiary/aromatic N) is 2. The fourth-order valence-electron chi connectivity index (χ4n) is 4.22. The summed E-state index contributed by atoms with van der Waals surface area (Å²) in [4.78, 5) is 4.88. The largest absolute Gasteiger partial charge is 0.366 e. The van der Waals surface area contributed by atoms with E-state index >= 15 is 0 Å². The average molecular weight is 321 g/mol. The lowest BCUT2D eigenvalue weighted by atomic mass is 9.98. The summed E-state index contributed by atoms with van der Waals surface area (Å²) in [5.74, 6) is 0. The van der Waals surface area contributed by atoms with Crippen LogP contribution in [0, 0.1) is 0 Å². The summed E-state index contributed by atoms with van der Waals surface area (Å²) in [5, 5.41) is 3.55. The first kappa shape index (κ1) is 15.7. The molecule has 4 rings (SSSR count). The molecule has 2 aromatic carbocycles. The number of nitrogens with one attached hydrogen (secondary N) is 1. The lowest BCUT2D eigenvalue weighted by Crippen LogP contribution is -2.33. The third-order valence-electron chi connectivity index (χ3n) is 5.22. The van der Waals surface area contributed by atoms with Crippen molar-refractivity contribution in [3.63, 3.8) is 0 Å². The third kappa shape index (κ3) is 2.94. The van der Waals surface area contributed by atoms with Crippen molar-refractivity contribution in [3.8, 4) is 11.1 Å². The zero-order valence-electron chi connectivity index (χ0n) is 14.8. The summed E-state index contributed by atoms with van der Waals surface area (Å²) in [6, 6.07) is 16.6. The summed E-state index contributed by atoms with van der Waals surface area (Å²) in [6.45, 7) is 4.33. The molecule has 0 saturated carbocycles. The van der Waals surface area contributed by atoms with Crippen molar-refractivity contribution in [2.75, 3.05) is 38.6 Å². The number of benzene rings is 2. The van der Waals surface area contributed by atoms with Crippen LogP contribution < -0.4 is 10.2 Å². The molecule has 0 aromatic heterocycles. The van der Waals surface area contributed by atoms with E-state index < -0.39 is 0 Å². The molecule has 2 aliphatic rings. The van der Waals surface area contributed by atoms with Crippen LogP contribution in [0.3, 0.4) is 0 Å². The molecule has 2 aliphatic heterocycles. The van der Waals surface area contributed by atoms with Gasteiger partial charge in [-0.2, -0.15) is 0 Å². The molecule has 3 heteroatoms. The Hall–Kier alpha value is -1.84. The maximum atomic E-state index is 3.55. The minimum Gasteiger partial charge on any atom is -0.366 e. The fraction of sp³-hybridized carbons (Fsp3) is 0.429. The van der Waals surface area contributed by atoms with E-state index in [2.05, 4.69) is 71.7 Å². The number of para-hydroxylation sites is 1. The van der Waals surface area contributed by atoms with Crippen LogP contribution in [0.15, 0.2) is 42.5 Å². The SMILES string of the molecule is CN(C)Cc1cccc(-c2cccc3c2N2CCNCCC2C3)c1. The van der Waals surface area contributed by atoms with E-state index in [1.807, 2.05) is 0 Å². The quantitative estimate of drug-likeness (QED) is 0.937. The predicted octanol–water partition coefficient (Wildman–Crippen LogP) is 3.14. The molecule has 0 aliphatic carbocycles. The zero-order valence-corrected chi connectivity index (χ0v) is 14.8.